The first-order chi connectivity index (χ1) is 18.2. The lowest BCUT2D eigenvalue weighted by molar-refractivity contribution is -0.145. The lowest BCUT2D eigenvalue weighted by atomic mass is 9.89. The number of aliphatic carboxylic acids is 1. The summed E-state index contributed by atoms with van der Waals surface area (Å²) in [5, 5.41) is 21.5. The van der Waals surface area contributed by atoms with E-state index in [2.05, 4.69) is 9.71 Å². The van der Waals surface area contributed by atoms with Crippen LogP contribution in [-0.4, -0.2) is 61.9 Å². The summed E-state index contributed by atoms with van der Waals surface area (Å²) in [6.07, 6.45) is 9.44. The van der Waals surface area contributed by atoms with Crippen molar-refractivity contribution in [1.82, 2.24) is 9.62 Å². The van der Waals surface area contributed by atoms with Gasteiger partial charge in [-0.2, -0.15) is 4.72 Å². The number of guanidine groups is 1. The van der Waals surface area contributed by atoms with Crippen LogP contribution in [0, 0.1) is 16.7 Å². The zero-order valence-corrected chi connectivity index (χ0v) is 22.5. The Bertz CT molecular complexity index is 1100. The first-order valence-corrected chi connectivity index (χ1v) is 14.5. The summed E-state index contributed by atoms with van der Waals surface area (Å²) in [5.41, 5.74) is 12.9. The lowest BCUT2D eigenvalue weighted by Gasteiger charge is -2.31. The van der Waals surface area contributed by atoms with Gasteiger partial charge < -0.3 is 21.5 Å². The van der Waals surface area contributed by atoms with Gasteiger partial charge in [0.2, 0.25) is 15.9 Å². The van der Waals surface area contributed by atoms with Crippen molar-refractivity contribution in [2.45, 2.75) is 81.6 Å². The Kier molecular flexibility index (Phi) is 12.4. The van der Waals surface area contributed by atoms with Crippen LogP contribution < -0.4 is 16.2 Å². The molecule has 210 valence electrons. The third-order valence-corrected chi connectivity index (χ3v) is 8.48. The number of nitrogens with zero attached hydrogens (tertiary/aromatic N) is 4. The standard InChI is InChI=1S/C25H39N5O5S.N2/c26-25(27)28-14-6-11-22(24(33)30(17-23(31)32)16-18-7-2-1-3-8-18)29-36(34,35)21-13-12-19-9-4-5-10-20(19)15-21;1-2/h12-13,15,18,22,29H,1-11,14,16-17H2,(H,31,32)(H4,26,27,28);/t22-;/m0./s1. The second kappa shape index (κ2) is 15.2. The van der Waals surface area contributed by atoms with Crippen molar-refractivity contribution >= 4 is 27.9 Å². The second-order valence-electron chi connectivity index (χ2n) is 9.88. The average molecular weight is 550 g/mol. The molecule has 1 saturated carbocycles. The van der Waals surface area contributed by atoms with Gasteiger partial charge in [-0.25, -0.2) is 8.42 Å². The fourth-order valence-corrected chi connectivity index (χ4v) is 6.44. The molecule has 1 aromatic rings. The molecule has 13 heteroatoms. The molecule has 0 aliphatic heterocycles. The zero-order chi connectivity index (χ0) is 28.1. The van der Waals surface area contributed by atoms with E-state index in [0.29, 0.717) is 13.0 Å². The first-order valence-electron chi connectivity index (χ1n) is 13.1. The SMILES string of the molecule is N#N.NC(N)=NCCC[C@H](NS(=O)(=O)c1ccc2c(c1)CCCC2)C(=O)N(CC(=O)O)CC1CCCCC1. The number of sulfonamides is 1. The summed E-state index contributed by atoms with van der Waals surface area (Å²) < 4.78 is 29.3. The molecule has 2 aliphatic rings. The van der Waals surface area contributed by atoms with Crippen LogP contribution in [0.2, 0.25) is 0 Å². The van der Waals surface area contributed by atoms with Crippen molar-refractivity contribution in [3.8, 4) is 0 Å². The van der Waals surface area contributed by atoms with Crippen molar-refractivity contribution in [3.63, 3.8) is 0 Å². The molecular formula is C25H39N7O5S. The van der Waals surface area contributed by atoms with Gasteiger partial charge in [0.25, 0.3) is 0 Å². The van der Waals surface area contributed by atoms with Gasteiger partial charge in [-0.05, 0) is 80.5 Å². The monoisotopic (exact) mass is 549 g/mol. The number of carbonyl (C=O) groups is 2. The van der Waals surface area contributed by atoms with Crippen LogP contribution in [0.1, 0.15) is 68.9 Å². The van der Waals surface area contributed by atoms with Gasteiger partial charge in [-0.3, -0.25) is 14.6 Å². The Balaban J connectivity index is 0.00000247. The topological polar surface area (TPSA) is 216 Å². The van der Waals surface area contributed by atoms with E-state index < -0.39 is 34.5 Å². The minimum absolute atomic E-state index is 0.0858. The van der Waals surface area contributed by atoms with E-state index in [-0.39, 0.29) is 29.7 Å². The lowest BCUT2D eigenvalue weighted by Crippen LogP contribution is -2.51. The largest absolute Gasteiger partial charge is 0.480 e. The molecule has 0 radical (unpaired) electrons. The van der Waals surface area contributed by atoms with Crippen molar-refractivity contribution in [1.29, 1.82) is 10.8 Å². The molecule has 0 bridgehead atoms. The molecule has 38 heavy (non-hydrogen) atoms. The number of aliphatic imine (C=N–C) groups is 1. The van der Waals surface area contributed by atoms with Gasteiger partial charge in [0.05, 0.1) is 4.90 Å². The number of carbonyl (C=O) groups excluding carboxylic acids is 1. The summed E-state index contributed by atoms with van der Waals surface area (Å²) in [6, 6.07) is 3.99. The number of carboxylic acids is 1. The number of rotatable bonds is 12. The minimum Gasteiger partial charge on any atom is -0.480 e. The van der Waals surface area contributed by atoms with Crippen LogP contribution >= 0.6 is 0 Å². The predicted octanol–water partition coefficient (Wildman–Crippen LogP) is 1.79. The Morgan fingerprint density at radius 1 is 1.08 bits per heavy atom. The third kappa shape index (κ3) is 9.57. The Morgan fingerprint density at radius 2 is 1.74 bits per heavy atom. The number of amides is 1. The smallest absolute Gasteiger partial charge is 0.323 e. The number of aryl methyl sites for hydroxylation is 2. The molecule has 1 fully saturated rings. The average Bonchev–Trinajstić information content (AvgIpc) is 2.90. The number of hydrogen-bond donors (Lipinski definition) is 4. The fraction of sp³-hybridized carbons (Fsp3) is 0.640. The second-order valence-corrected chi connectivity index (χ2v) is 11.6. The fourth-order valence-electron chi connectivity index (χ4n) is 5.17. The van der Waals surface area contributed by atoms with Gasteiger partial charge in [-0.1, -0.05) is 25.3 Å². The molecule has 2 aliphatic carbocycles. The highest BCUT2D eigenvalue weighted by molar-refractivity contribution is 7.89. The van der Waals surface area contributed by atoms with E-state index in [1.54, 1.807) is 12.1 Å². The molecule has 6 N–H and O–H groups in total. The van der Waals surface area contributed by atoms with Gasteiger partial charge in [0.1, 0.15) is 12.6 Å². The van der Waals surface area contributed by atoms with Crippen LogP contribution in [0.15, 0.2) is 28.1 Å². The van der Waals surface area contributed by atoms with Crippen molar-refractivity contribution in [2.24, 2.45) is 22.4 Å². The summed E-state index contributed by atoms with van der Waals surface area (Å²) in [5.74, 6) is -1.54. The van der Waals surface area contributed by atoms with E-state index in [1.165, 1.54) is 4.90 Å². The summed E-state index contributed by atoms with van der Waals surface area (Å²) in [4.78, 5) is 30.5. The highest BCUT2D eigenvalue weighted by atomic mass is 32.2. The third-order valence-electron chi connectivity index (χ3n) is 7.01. The molecule has 0 unspecified atom stereocenters. The summed E-state index contributed by atoms with van der Waals surface area (Å²) in [6.45, 7) is 0.0602. The molecule has 3 rings (SSSR count). The predicted molar refractivity (Wildman–Crippen MR) is 141 cm³/mol. The van der Waals surface area contributed by atoms with E-state index in [1.807, 2.05) is 6.07 Å². The molecule has 0 aromatic heterocycles. The summed E-state index contributed by atoms with van der Waals surface area (Å²) >= 11 is 0. The number of carboxylic acid groups (broad SMARTS) is 1. The number of nitrogens with two attached hydrogens (primary N) is 2. The Labute approximate surface area is 224 Å². The molecule has 0 spiro atoms. The Morgan fingerprint density at radius 3 is 2.37 bits per heavy atom. The molecule has 1 amide bonds. The highest BCUT2D eigenvalue weighted by Gasteiger charge is 2.32. The molecule has 0 heterocycles. The molecular weight excluding hydrogens is 510 g/mol. The van der Waals surface area contributed by atoms with E-state index in [9.17, 15) is 23.1 Å². The van der Waals surface area contributed by atoms with Crippen LogP contribution in [0.3, 0.4) is 0 Å². The maximum Gasteiger partial charge on any atom is 0.323 e. The van der Waals surface area contributed by atoms with Gasteiger partial charge in [-0.15, -0.1) is 0 Å². The number of hydrogen-bond acceptors (Lipinski definition) is 7. The minimum atomic E-state index is -4.02. The zero-order valence-electron chi connectivity index (χ0n) is 21.7. The molecule has 1 aromatic carbocycles. The van der Waals surface area contributed by atoms with Crippen LogP contribution in [0.25, 0.3) is 0 Å². The van der Waals surface area contributed by atoms with Gasteiger partial charge in [0, 0.05) is 23.9 Å². The first kappa shape index (κ1) is 31.0. The normalized spacial score (nSPS) is 16.3. The van der Waals surface area contributed by atoms with Crippen molar-refractivity contribution in [2.75, 3.05) is 19.6 Å². The number of fused-ring (bicyclic) bond motifs is 1. The van der Waals surface area contributed by atoms with E-state index in [4.69, 9.17) is 22.3 Å². The van der Waals surface area contributed by atoms with E-state index >= 15 is 0 Å². The molecule has 12 nitrogen and oxygen atoms in total. The maximum absolute atomic E-state index is 13.6. The highest BCUT2D eigenvalue weighted by Crippen LogP contribution is 2.26. The number of benzene rings is 1. The molecule has 0 saturated heterocycles. The Hall–Kier alpha value is -3.24. The van der Waals surface area contributed by atoms with Crippen molar-refractivity contribution in [3.05, 3.63) is 29.3 Å². The maximum atomic E-state index is 13.6. The van der Waals surface area contributed by atoms with Crippen LogP contribution in [-0.2, 0) is 32.5 Å². The summed E-state index contributed by atoms with van der Waals surface area (Å²) in [7, 11) is -4.02. The van der Waals surface area contributed by atoms with Gasteiger partial charge in [0.15, 0.2) is 5.96 Å². The quantitative estimate of drug-likeness (QED) is 0.129. The van der Waals surface area contributed by atoms with Crippen LogP contribution in [0.5, 0.6) is 0 Å². The van der Waals surface area contributed by atoms with Crippen LogP contribution in [0.4, 0.5) is 0 Å². The molecule has 1 atom stereocenters. The van der Waals surface area contributed by atoms with Gasteiger partial charge >= 0.3 is 5.97 Å². The van der Waals surface area contributed by atoms with E-state index in [0.717, 1.165) is 68.9 Å². The number of nitrogens with one attached hydrogen (secondary N) is 1. The van der Waals surface area contributed by atoms with Crippen molar-refractivity contribution < 1.29 is 23.1 Å².